The lowest BCUT2D eigenvalue weighted by atomic mass is 9.89. The Bertz CT molecular complexity index is 458. The van der Waals surface area contributed by atoms with Crippen LogP contribution in [0.15, 0.2) is 12.1 Å². The Balaban J connectivity index is 2.85. The van der Waals surface area contributed by atoms with E-state index in [1.165, 1.54) is 11.1 Å². The third kappa shape index (κ3) is 4.90. The van der Waals surface area contributed by atoms with Crippen molar-refractivity contribution in [1.82, 2.24) is 5.32 Å². The van der Waals surface area contributed by atoms with Gasteiger partial charge in [0.25, 0.3) is 0 Å². The molecule has 0 amide bonds. The SMILES string of the molecule is COc1cc(C)c(C(C)NCC(C)(C)CCO)cc1OC. The fraction of sp³-hybridized carbons (Fsp3) is 0.647. The molecule has 0 spiro atoms. The van der Waals surface area contributed by atoms with Gasteiger partial charge in [0.2, 0.25) is 0 Å². The number of aliphatic hydroxyl groups excluding tert-OH is 1. The van der Waals surface area contributed by atoms with E-state index >= 15 is 0 Å². The molecule has 1 aromatic rings. The Hall–Kier alpha value is -1.26. The number of ether oxygens (including phenoxy) is 2. The van der Waals surface area contributed by atoms with Crippen LogP contribution in [0.5, 0.6) is 11.5 Å². The second-order valence-corrected chi connectivity index (χ2v) is 6.30. The molecule has 0 aliphatic carbocycles. The predicted molar refractivity (Wildman–Crippen MR) is 86.2 cm³/mol. The van der Waals surface area contributed by atoms with Crippen LogP contribution in [-0.4, -0.2) is 32.5 Å². The van der Waals surface area contributed by atoms with E-state index in [9.17, 15) is 0 Å². The summed E-state index contributed by atoms with van der Waals surface area (Å²) in [6.45, 7) is 9.60. The summed E-state index contributed by atoms with van der Waals surface area (Å²) < 4.78 is 10.7. The number of aryl methyl sites for hydroxylation is 1. The molecule has 120 valence electrons. The molecule has 4 nitrogen and oxygen atoms in total. The van der Waals surface area contributed by atoms with Crippen LogP contribution in [0, 0.1) is 12.3 Å². The normalized spacial score (nSPS) is 13.1. The van der Waals surface area contributed by atoms with Gasteiger partial charge in [0.1, 0.15) is 0 Å². The van der Waals surface area contributed by atoms with E-state index in [1.54, 1.807) is 14.2 Å². The molecule has 1 aromatic carbocycles. The molecule has 2 N–H and O–H groups in total. The summed E-state index contributed by atoms with van der Waals surface area (Å²) in [6, 6.07) is 4.25. The standard InChI is InChI=1S/C17H29NO3/c1-12-9-15(20-5)16(21-6)10-14(12)13(2)18-11-17(3,4)7-8-19/h9-10,13,18-19H,7-8,11H2,1-6H3. The van der Waals surface area contributed by atoms with Gasteiger partial charge in [0.05, 0.1) is 14.2 Å². The quantitative estimate of drug-likeness (QED) is 0.774. The lowest BCUT2D eigenvalue weighted by Gasteiger charge is -2.27. The first kappa shape index (κ1) is 17.8. The van der Waals surface area contributed by atoms with E-state index in [-0.39, 0.29) is 18.1 Å². The highest BCUT2D eigenvalue weighted by molar-refractivity contribution is 5.47. The number of aliphatic hydroxyl groups is 1. The molecular formula is C17H29NO3. The number of benzene rings is 1. The van der Waals surface area contributed by atoms with Crippen LogP contribution in [-0.2, 0) is 0 Å². The Morgan fingerprint density at radius 2 is 1.76 bits per heavy atom. The molecule has 0 saturated heterocycles. The van der Waals surface area contributed by atoms with Gasteiger partial charge >= 0.3 is 0 Å². The fourth-order valence-corrected chi connectivity index (χ4v) is 2.39. The molecule has 0 fully saturated rings. The first-order chi connectivity index (χ1) is 9.84. The smallest absolute Gasteiger partial charge is 0.161 e. The lowest BCUT2D eigenvalue weighted by Crippen LogP contribution is -2.32. The van der Waals surface area contributed by atoms with Crippen LogP contribution < -0.4 is 14.8 Å². The third-order valence-corrected chi connectivity index (χ3v) is 3.91. The van der Waals surface area contributed by atoms with Gasteiger partial charge in [-0.05, 0) is 48.9 Å². The zero-order chi connectivity index (χ0) is 16.0. The first-order valence-electron chi connectivity index (χ1n) is 7.41. The third-order valence-electron chi connectivity index (χ3n) is 3.91. The van der Waals surface area contributed by atoms with Crippen molar-refractivity contribution in [3.63, 3.8) is 0 Å². The number of hydrogen-bond acceptors (Lipinski definition) is 4. The van der Waals surface area contributed by atoms with Crippen molar-refractivity contribution in [3.8, 4) is 11.5 Å². The average Bonchev–Trinajstić information content (AvgIpc) is 2.44. The summed E-state index contributed by atoms with van der Waals surface area (Å²) in [7, 11) is 3.30. The second kappa shape index (κ2) is 7.66. The predicted octanol–water partition coefficient (Wildman–Crippen LogP) is 3.07. The average molecular weight is 295 g/mol. The van der Waals surface area contributed by atoms with E-state index in [0.29, 0.717) is 0 Å². The minimum atomic E-state index is 0.0769. The molecule has 0 aliphatic heterocycles. The Morgan fingerprint density at radius 1 is 1.19 bits per heavy atom. The van der Waals surface area contributed by atoms with E-state index in [4.69, 9.17) is 14.6 Å². The number of rotatable bonds is 8. The fourth-order valence-electron chi connectivity index (χ4n) is 2.39. The van der Waals surface area contributed by atoms with Gasteiger partial charge < -0.3 is 19.9 Å². The van der Waals surface area contributed by atoms with Crippen molar-refractivity contribution in [1.29, 1.82) is 0 Å². The monoisotopic (exact) mass is 295 g/mol. The minimum absolute atomic E-state index is 0.0769. The summed E-state index contributed by atoms with van der Waals surface area (Å²) in [4.78, 5) is 0. The molecule has 0 radical (unpaired) electrons. The highest BCUT2D eigenvalue weighted by Crippen LogP contribution is 2.33. The van der Waals surface area contributed by atoms with Crippen molar-refractivity contribution in [3.05, 3.63) is 23.3 Å². The molecule has 21 heavy (non-hydrogen) atoms. The van der Waals surface area contributed by atoms with E-state index in [2.05, 4.69) is 33.0 Å². The molecule has 0 bridgehead atoms. The molecular weight excluding hydrogens is 266 g/mol. The molecule has 0 heterocycles. The lowest BCUT2D eigenvalue weighted by molar-refractivity contribution is 0.203. The van der Waals surface area contributed by atoms with Crippen molar-refractivity contribution in [2.24, 2.45) is 5.41 Å². The van der Waals surface area contributed by atoms with Crippen molar-refractivity contribution in [2.45, 2.75) is 40.2 Å². The Morgan fingerprint density at radius 3 is 2.29 bits per heavy atom. The van der Waals surface area contributed by atoms with Crippen LogP contribution in [0.1, 0.15) is 44.4 Å². The summed E-state index contributed by atoms with van der Waals surface area (Å²) in [5, 5.41) is 12.6. The van der Waals surface area contributed by atoms with Crippen LogP contribution in [0.25, 0.3) is 0 Å². The van der Waals surface area contributed by atoms with Gasteiger partial charge in [0.15, 0.2) is 11.5 Å². The van der Waals surface area contributed by atoms with Gasteiger partial charge in [-0.1, -0.05) is 13.8 Å². The molecule has 0 aliphatic rings. The molecule has 4 heteroatoms. The second-order valence-electron chi connectivity index (χ2n) is 6.30. The van der Waals surface area contributed by atoms with Crippen LogP contribution in [0.2, 0.25) is 0 Å². The number of hydrogen-bond donors (Lipinski definition) is 2. The topological polar surface area (TPSA) is 50.7 Å². The maximum Gasteiger partial charge on any atom is 0.161 e. The zero-order valence-electron chi connectivity index (χ0n) is 14.1. The molecule has 0 aromatic heterocycles. The van der Waals surface area contributed by atoms with Gasteiger partial charge in [-0.25, -0.2) is 0 Å². The number of nitrogens with one attached hydrogen (secondary N) is 1. The molecule has 1 unspecified atom stereocenters. The largest absolute Gasteiger partial charge is 0.493 e. The minimum Gasteiger partial charge on any atom is -0.493 e. The van der Waals surface area contributed by atoms with Gasteiger partial charge in [-0.3, -0.25) is 0 Å². The summed E-state index contributed by atoms with van der Waals surface area (Å²) in [5.74, 6) is 1.51. The molecule has 0 saturated carbocycles. The van der Waals surface area contributed by atoms with Gasteiger partial charge in [-0.2, -0.15) is 0 Å². The van der Waals surface area contributed by atoms with Crippen LogP contribution >= 0.6 is 0 Å². The van der Waals surface area contributed by atoms with Crippen molar-refractivity contribution >= 4 is 0 Å². The van der Waals surface area contributed by atoms with Crippen molar-refractivity contribution < 1.29 is 14.6 Å². The van der Waals surface area contributed by atoms with Crippen molar-refractivity contribution in [2.75, 3.05) is 27.4 Å². The summed E-state index contributed by atoms with van der Waals surface area (Å²) in [5.41, 5.74) is 2.45. The van der Waals surface area contributed by atoms with E-state index in [1.807, 2.05) is 12.1 Å². The van der Waals surface area contributed by atoms with E-state index in [0.717, 1.165) is 24.5 Å². The highest BCUT2D eigenvalue weighted by Gasteiger charge is 2.19. The Labute approximate surface area is 128 Å². The first-order valence-corrected chi connectivity index (χ1v) is 7.41. The summed E-state index contributed by atoms with van der Waals surface area (Å²) in [6.07, 6.45) is 0.789. The van der Waals surface area contributed by atoms with E-state index < -0.39 is 0 Å². The highest BCUT2D eigenvalue weighted by atomic mass is 16.5. The van der Waals surface area contributed by atoms with Gasteiger partial charge in [0, 0.05) is 19.2 Å². The summed E-state index contributed by atoms with van der Waals surface area (Å²) >= 11 is 0. The van der Waals surface area contributed by atoms with Gasteiger partial charge in [-0.15, -0.1) is 0 Å². The zero-order valence-corrected chi connectivity index (χ0v) is 14.1. The Kier molecular flexibility index (Phi) is 6.49. The maximum atomic E-state index is 9.10. The van der Waals surface area contributed by atoms with Crippen LogP contribution in [0.3, 0.4) is 0 Å². The number of methoxy groups -OCH3 is 2. The van der Waals surface area contributed by atoms with Crippen LogP contribution in [0.4, 0.5) is 0 Å². The molecule has 1 atom stereocenters. The maximum absolute atomic E-state index is 9.10. The molecule has 1 rings (SSSR count).